The van der Waals surface area contributed by atoms with Gasteiger partial charge in [0.1, 0.15) is 12.1 Å². The van der Waals surface area contributed by atoms with Crippen LogP contribution in [0.25, 0.3) is 10.4 Å². The summed E-state index contributed by atoms with van der Waals surface area (Å²) >= 11 is 0. The van der Waals surface area contributed by atoms with Crippen LogP contribution in [0.1, 0.15) is 12.8 Å². The monoisotopic (exact) mass is 167 g/mol. The molecule has 0 radical (unpaired) electrons. The maximum atomic E-state index is 10.9. The Morgan fingerprint density at radius 3 is 3.25 bits per heavy atom. The number of hydrogen-bond donors (Lipinski definition) is 0. The number of carbonyl (C=O) groups is 1. The van der Waals surface area contributed by atoms with Crippen LogP contribution in [0.3, 0.4) is 0 Å². The molecule has 0 aromatic carbocycles. The molecule has 64 valence electrons. The number of carbonyl (C=O) groups excluding carboxylic acids is 1. The Labute approximate surface area is 69.6 Å². The van der Waals surface area contributed by atoms with Crippen LogP contribution in [-0.2, 0) is 9.53 Å². The third kappa shape index (κ3) is 1.77. The van der Waals surface area contributed by atoms with Crippen molar-refractivity contribution in [3.05, 3.63) is 23.1 Å². The zero-order valence-electron chi connectivity index (χ0n) is 6.51. The smallest absolute Gasteiger partial charge is 0.315 e. The predicted octanol–water partition coefficient (Wildman–Crippen LogP) is 1.56. The highest BCUT2D eigenvalue weighted by Gasteiger charge is 2.32. The van der Waals surface area contributed by atoms with Crippen molar-refractivity contribution in [1.29, 1.82) is 0 Å². The second-order valence-corrected chi connectivity index (χ2v) is 2.54. The van der Waals surface area contributed by atoms with E-state index in [1.54, 1.807) is 6.08 Å². The number of cyclic esters (lactones) is 1. The number of ether oxygens (including phenoxy) is 1. The van der Waals surface area contributed by atoms with Crippen LogP contribution >= 0.6 is 0 Å². The molecule has 1 heterocycles. The maximum absolute atomic E-state index is 10.9. The highest BCUT2D eigenvalue weighted by molar-refractivity contribution is 5.78. The lowest BCUT2D eigenvalue weighted by atomic mass is 10.1. The Balaban J connectivity index is 2.55. The predicted molar refractivity (Wildman–Crippen MR) is 42.2 cm³/mol. The van der Waals surface area contributed by atoms with E-state index in [-0.39, 0.29) is 6.10 Å². The van der Waals surface area contributed by atoms with Crippen LogP contribution in [0.15, 0.2) is 17.8 Å². The molecule has 0 saturated carbocycles. The molecule has 0 aromatic rings. The molecule has 1 aliphatic heterocycles. The van der Waals surface area contributed by atoms with E-state index in [9.17, 15) is 4.79 Å². The first-order chi connectivity index (χ1) is 5.77. The van der Waals surface area contributed by atoms with E-state index >= 15 is 0 Å². The minimum Gasteiger partial charge on any atom is -0.462 e. The van der Waals surface area contributed by atoms with Gasteiger partial charge < -0.3 is 4.74 Å². The molecule has 12 heavy (non-hydrogen) atoms. The first-order valence-electron chi connectivity index (χ1n) is 3.63. The summed E-state index contributed by atoms with van der Waals surface area (Å²) in [6, 6.07) is -0.639. The summed E-state index contributed by atoms with van der Waals surface area (Å²) < 4.78 is 4.89. The first-order valence-corrected chi connectivity index (χ1v) is 3.63. The third-order valence-electron chi connectivity index (χ3n) is 1.66. The largest absolute Gasteiger partial charge is 0.462 e. The lowest BCUT2D eigenvalue weighted by molar-refractivity contribution is -0.142. The van der Waals surface area contributed by atoms with Crippen molar-refractivity contribution in [3.8, 4) is 0 Å². The normalized spacial score (nSPS) is 27.5. The van der Waals surface area contributed by atoms with Crippen LogP contribution in [0.2, 0.25) is 0 Å². The van der Waals surface area contributed by atoms with Gasteiger partial charge in [0.15, 0.2) is 0 Å². The van der Waals surface area contributed by atoms with Crippen LogP contribution in [0.5, 0.6) is 0 Å². The Morgan fingerprint density at radius 2 is 2.67 bits per heavy atom. The Hall–Kier alpha value is -1.48. The highest BCUT2D eigenvalue weighted by atomic mass is 16.6. The maximum Gasteiger partial charge on any atom is 0.315 e. The minimum atomic E-state index is -0.639. The SMILES string of the molecule is C=CCC1CC(N=[N+]=[N-])C(=O)O1. The lowest BCUT2D eigenvalue weighted by Gasteiger charge is -2.02. The lowest BCUT2D eigenvalue weighted by Crippen LogP contribution is -2.09. The van der Waals surface area contributed by atoms with Crippen molar-refractivity contribution in [2.75, 3.05) is 0 Å². The van der Waals surface area contributed by atoms with Gasteiger partial charge >= 0.3 is 5.97 Å². The molecular formula is C7H9N3O2. The standard InChI is InChI=1S/C7H9N3O2/c1-2-3-5-4-6(9-10-8)7(11)12-5/h2,5-6H,1,3-4H2. The average molecular weight is 167 g/mol. The molecule has 0 bridgehead atoms. The summed E-state index contributed by atoms with van der Waals surface area (Å²) in [4.78, 5) is 13.5. The quantitative estimate of drug-likeness (QED) is 0.210. The van der Waals surface area contributed by atoms with Crippen LogP contribution in [-0.4, -0.2) is 18.1 Å². The van der Waals surface area contributed by atoms with E-state index in [1.165, 1.54) is 0 Å². The average Bonchev–Trinajstić information content (AvgIpc) is 2.34. The molecule has 1 rings (SSSR count). The summed E-state index contributed by atoms with van der Waals surface area (Å²) in [7, 11) is 0. The molecule has 0 amide bonds. The van der Waals surface area contributed by atoms with Gasteiger partial charge in [-0.3, -0.25) is 4.79 Å². The Bertz CT molecular complexity index is 245. The molecule has 5 heteroatoms. The molecule has 0 spiro atoms. The van der Waals surface area contributed by atoms with Gasteiger partial charge in [-0.1, -0.05) is 11.2 Å². The summed E-state index contributed by atoms with van der Waals surface area (Å²) in [6.07, 6.45) is 2.60. The molecule has 1 fully saturated rings. The first kappa shape index (κ1) is 8.62. The molecule has 0 aromatic heterocycles. The minimum absolute atomic E-state index is 0.162. The number of hydrogen-bond acceptors (Lipinski definition) is 3. The number of rotatable bonds is 3. The van der Waals surface area contributed by atoms with Gasteiger partial charge in [-0.05, 0) is 5.53 Å². The fourth-order valence-electron chi connectivity index (χ4n) is 1.12. The van der Waals surface area contributed by atoms with Gasteiger partial charge in [-0.15, -0.1) is 6.58 Å². The Morgan fingerprint density at radius 1 is 1.92 bits per heavy atom. The molecule has 0 N–H and O–H groups in total. The number of nitrogens with zero attached hydrogens (tertiary/aromatic N) is 3. The van der Waals surface area contributed by atoms with E-state index in [1.807, 2.05) is 0 Å². The van der Waals surface area contributed by atoms with Gasteiger partial charge in [0.05, 0.1) is 0 Å². The highest BCUT2D eigenvalue weighted by Crippen LogP contribution is 2.20. The van der Waals surface area contributed by atoms with E-state index in [4.69, 9.17) is 10.3 Å². The van der Waals surface area contributed by atoms with E-state index in [2.05, 4.69) is 16.6 Å². The van der Waals surface area contributed by atoms with E-state index in [0.29, 0.717) is 12.8 Å². The number of azide groups is 1. The molecule has 1 saturated heterocycles. The molecule has 1 aliphatic rings. The van der Waals surface area contributed by atoms with Crippen molar-refractivity contribution >= 4 is 5.97 Å². The third-order valence-corrected chi connectivity index (χ3v) is 1.66. The van der Waals surface area contributed by atoms with Crippen LogP contribution in [0.4, 0.5) is 0 Å². The van der Waals surface area contributed by atoms with Gasteiger partial charge in [-0.25, -0.2) is 0 Å². The summed E-state index contributed by atoms with van der Waals surface area (Å²) in [6.45, 7) is 3.53. The van der Waals surface area contributed by atoms with Gasteiger partial charge in [0.25, 0.3) is 0 Å². The van der Waals surface area contributed by atoms with Gasteiger partial charge in [0.2, 0.25) is 0 Å². The number of esters is 1. The fraction of sp³-hybridized carbons (Fsp3) is 0.571. The molecule has 2 unspecified atom stereocenters. The second-order valence-electron chi connectivity index (χ2n) is 2.54. The van der Waals surface area contributed by atoms with Crippen molar-refractivity contribution in [2.24, 2.45) is 5.11 Å². The Kier molecular flexibility index (Phi) is 2.71. The second kappa shape index (κ2) is 3.78. The van der Waals surface area contributed by atoms with Crippen molar-refractivity contribution in [3.63, 3.8) is 0 Å². The topological polar surface area (TPSA) is 75.1 Å². The molecule has 2 atom stereocenters. The zero-order chi connectivity index (χ0) is 8.97. The van der Waals surface area contributed by atoms with E-state index < -0.39 is 12.0 Å². The van der Waals surface area contributed by atoms with Gasteiger partial charge in [0, 0.05) is 17.8 Å². The zero-order valence-corrected chi connectivity index (χ0v) is 6.51. The summed E-state index contributed by atoms with van der Waals surface area (Å²) in [5, 5.41) is 3.31. The molecule has 5 nitrogen and oxygen atoms in total. The fourth-order valence-corrected chi connectivity index (χ4v) is 1.12. The summed E-state index contributed by atoms with van der Waals surface area (Å²) in [5.41, 5.74) is 8.09. The van der Waals surface area contributed by atoms with E-state index in [0.717, 1.165) is 0 Å². The van der Waals surface area contributed by atoms with Crippen molar-refractivity contribution in [1.82, 2.24) is 0 Å². The molecular weight excluding hydrogens is 158 g/mol. The van der Waals surface area contributed by atoms with Crippen LogP contribution in [0, 0.1) is 0 Å². The van der Waals surface area contributed by atoms with Gasteiger partial charge in [-0.2, -0.15) is 0 Å². The molecule has 0 aliphatic carbocycles. The van der Waals surface area contributed by atoms with Crippen molar-refractivity contribution in [2.45, 2.75) is 25.0 Å². The van der Waals surface area contributed by atoms with Crippen molar-refractivity contribution < 1.29 is 9.53 Å². The summed E-state index contributed by atoms with van der Waals surface area (Å²) in [5.74, 6) is -0.431. The van der Waals surface area contributed by atoms with Crippen LogP contribution < -0.4 is 0 Å².